The Labute approximate surface area is 159 Å². The first kappa shape index (κ1) is 18.9. The maximum Gasteiger partial charge on any atom is 0.306 e. The highest BCUT2D eigenvalue weighted by Crippen LogP contribution is 2.45. The molecule has 0 radical (unpaired) electrons. The number of nitrogens with one attached hydrogen (secondary N) is 1. The maximum absolute atomic E-state index is 13.8. The number of benzene rings is 3. The maximum atomic E-state index is 13.8. The average molecular weight is 379 g/mol. The Balaban J connectivity index is 1.90. The number of anilines is 1. The zero-order valence-corrected chi connectivity index (χ0v) is 16.2. The highest BCUT2D eigenvalue weighted by Gasteiger charge is 2.29. The fourth-order valence-electron chi connectivity index (χ4n) is 2.54. The van der Waals surface area contributed by atoms with Crippen LogP contribution in [0, 0.1) is 5.92 Å². The molecule has 3 rings (SSSR count). The first-order valence-corrected chi connectivity index (χ1v) is 10.4. The summed E-state index contributed by atoms with van der Waals surface area (Å²) >= 11 is 0. The largest absolute Gasteiger partial charge is 0.437 e. The predicted molar refractivity (Wildman–Crippen MR) is 110 cm³/mol. The van der Waals surface area contributed by atoms with Gasteiger partial charge in [-0.15, -0.1) is 0 Å². The molecule has 1 amide bonds. The normalized spacial score (nSPS) is 11.2. The molecule has 4 nitrogen and oxygen atoms in total. The molecule has 0 saturated heterocycles. The number of amides is 1. The van der Waals surface area contributed by atoms with E-state index in [2.05, 4.69) is 5.32 Å². The van der Waals surface area contributed by atoms with Crippen LogP contribution in [0.4, 0.5) is 5.69 Å². The van der Waals surface area contributed by atoms with Gasteiger partial charge in [0.05, 0.1) is 10.6 Å². The molecule has 0 saturated carbocycles. The zero-order chi connectivity index (χ0) is 19.3. The highest BCUT2D eigenvalue weighted by atomic mass is 31.2. The van der Waals surface area contributed by atoms with E-state index in [4.69, 9.17) is 4.52 Å². The first-order chi connectivity index (χ1) is 13.0. The third kappa shape index (κ3) is 4.47. The van der Waals surface area contributed by atoms with Crippen LogP contribution in [0.5, 0.6) is 5.75 Å². The van der Waals surface area contributed by atoms with Crippen molar-refractivity contribution >= 4 is 29.6 Å². The van der Waals surface area contributed by atoms with Crippen molar-refractivity contribution in [3.63, 3.8) is 0 Å². The molecule has 0 aromatic heterocycles. The van der Waals surface area contributed by atoms with Crippen LogP contribution in [0.25, 0.3) is 0 Å². The molecule has 0 heterocycles. The Morgan fingerprint density at radius 3 is 1.74 bits per heavy atom. The topological polar surface area (TPSA) is 55.4 Å². The fourth-order valence-corrected chi connectivity index (χ4v) is 4.59. The van der Waals surface area contributed by atoms with Gasteiger partial charge in [0, 0.05) is 11.6 Å². The molecule has 0 fully saturated rings. The molecule has 0 aliphatic rings. The van der Waals surface area contributed by atoms with E-state index in [1.807, 2.05) is 74.5 Å². The van der Waals surface area contributed by atoms with E-state index in [9.17, 15) is 9.36 Å². The number of rotatable bonds is 6. The molecule has 0 aliphatic heterocycles. The lowest BCUT2D eigenvalue weighted by atomic mass is 10.2. The van der Waals surface area contributed by atoms with Gasteiger partial charge in [-0.1, -0.05) is 50.2 Å². The molecule has 27 heavy (non-hydrogen) atoms. The summed E-state index contributed by atoms with van der Waals surface area (Å²) in [6.07, 6.45) is 0. The summed E-state index contributed by atoms with van der Waals surface area (Å²) in [5, 5.41) is 4.10. The Hall–Kier alpha value is -2.84. The van der Waals surface area contributed by atoms with Crippen LogP contribution in [0.3, 0.4) is 0 Å². The Morgan fingerprint density at radius 2 is 1.30 bits per heavy atom. The monoisotopic (exact) mass is 379 g/mol. The van der Waals surface area contributed by atoms with Crippen LogP contribution in [-0.2, 0) is 9.36 Å². The van der Waals surface area contributed by atoms with Crippen molar-refractivity contribution in [2.75, 3.05) is 5.32 Å². The summed E-state index contributed by atoms with van der Waals surface area (Å²) < 4.78 is 19.9. The van der Waals surface area contributed by atoms with E-state index in [0.717, 1.165) is 0 Å². The summed E-state index contributed by atoms with van der Waals surface area (Å²) in [5.74, 6) is 0.328. The van der Waals surface area contributed by atoms with Crippen LogP contribution in [0.1, 0.15) is 13.8 Å². The van der Waals surface area contributed by atoms with Crippen molar-refractivity contribution in [3.8, 4) is 5.75 Å². The van der Waals surface area contributed by atoms with E-state index in [1.165, 1.54) is 0 Å². The van der Waals surface area contributed by atoms with E-state index < -0.39 is 7.37 Å². The molecule has 138 valence electrons. The SMILES string of the molecule is CC(C)C(=O)Nc1ccc(OP(=O)(c2ccccc2)c2ccccc2)cc1. The standard InChI is InChI=1S/C22H22NO3P/c1-17(2)22(24)23-18-13-15-19(16-14-18)26-27(25,20-9-5-3-6-10-20)21-11-7-4-8-12-21/h3-17H,1-2H3,(H,23,24). The lowest BCUT2D eigenvalue weighted by Gasteiger charge is -2.20. The number of hydrogen-bond acceptors (Lipinski definition) is 3. The van der Waals surface area contributed by atoms with Crippen LogP contribution >= 0.6 is 7.37 Å². The molecule has 0 spiro atoms. The smallest absolute Gasteiger partial charge is 0.306 e. The van der Waals surface area contributed by atoms with Crippen LogP contribution in [0.2, 0.25) is 0 Å². The van der Waals surface area contributed by atoms with Gasteiger partial charge in [0.1, 0.15) is 5.75 Å². The molecule has 5 heteroatoms. The number of hydrogen-bond donors (Lipinski definition) is 1. The molecule has 1 N–H and O–H groups in total. The lowest BCUT2D eigenvalue weighted by Crippen LogP contribution is -2.20. The molecular formula is C22H22NO3P. The Kier molecular flexibility index (Phi) is 5.78. The summed E-state index contributed by atoms with van der Waals surface area (Å²) in [6.45, 7) is 3.67. The van der Waals surface area contributed by atoms with Gasteiger partial charge < -0.3 is 9.84 Å². The molecule has 0 atom stereocenters. The van der Waals surface area contributed by atoms with Gasteiger partial charge >= 0.3 is 7.37 Å². The molecule has 0 bridgehead atoms. The van der Waals surface area contributed by atoms with Gasteiger partial charge in [-0.2, -0.15) is 0 Å². The van der Waals surface area contributed by atoms with E-state index >= 15 is 0 Å². The average Bonchev–Trinajstić information content (AvgIpc) is 2.70. The fraction of sp³-hybridized carbons (Fsp3) is 0.136. The molecule has 0 unspecified atom stereocenters. The predicted octanol–water partition coefficient (Wildman–Crippen LogP) is 4.59. The minimum absolute atomic E-state index is 0.0529. The minimum Gasteiger partial charge on any atom is -0.437 e. The van der Waals surface area contributed by atoms with Crippen molar-refractivity contribution in [2.24, 2.45) is 5.92 Å². The van der Waals surface area contributed by atoms with Gasteiger partial charge in [0.2, 0.25) is 5.91 Å². The van der Waals surface area contributed by atoms with Crippen LogP contribution in [-0.4, -0.2) is 5.91 Å². The summed E-state index contributed by atoms with van der Waals surface area (Å²) in [5.41, 5.74) is 0.676. The molecule has 0 aliphatic carbocycles. The Bertz CT molecular complexity index is 895. The number of carbonyl (C=O) groups is 1. The van der Waals surface area contributed by atoms with Crippen molar-refractivity contribution in [3.05, 3.63) is 84.9 Å². The quantitative estimate of drug-likeness (QED) is 0.638. The minimum atomic E-state index is -3.29. The van der Waals surface area contributed by atoms with Crippen molar-refractivity contribution < 1.29 is 13.9 Å². The van der Waals surface area contributed by atoms with Gasteiger partial charge in [-0.05, 0) is 48.5 Å². The van der Waals surface area contributed by atoms with Gasteiger partial charge in [-0.25, -0.2) is 0 Å². The summed E-state index contributed by atoms with van der Waals surface area (Å²) in [4.78, 5) is 11.8. The van der Waals surface area contributed by atoms with Crippen molar-refractivity contribution in [1.29, 1.82) is 0 Å². The van der Waals surface area contributed by atoms with Crippen molar-refractivity contribution in [1.82, 2.24) is 0 Å². The molecule has 3 aromatic carbocycles. The van der Waals surface area contributed by atoms with Gasteiger partial charge in [0.25, 0.3) is 0 Å². The second-order valence-electron chi connectivity index (χ2n) is 6.48. The van der Waals surface area contributed by atoms with E-state index in [0.29, 0.717) is 22.0 Å². The highest BCUT2D eigenvalue weighted by molar-refractivity contribution is 7.74. The summed E-state index contributed by atoms with van der Waals surface area (Å²) in [7, 11) is -3.29. The summed E-state index contributed by atoms with van der Waals surface area (Å²) in [6, 6.07) is 25.3. The molecule has 3 aromatic rings. The van der Waals surface area contributed by atoms with Crippen LogP contribution < -0.4 is 20.4 Å². The van der Waals surface area contributed by atoms with Crippen LogP contribution in [0.15, 0.2) is 84.9 Å². The number of carbonyl (C=O) groups excluding carboxylic acids is 1. The third-order valence-electron chi connectivity index (χ3n) is 4.07. The molecular weight excluding hydrogens is 357 g/mol. The first-order valence-electron chi connectivity index (χ1n) is 8.81. The Morgan fingerprint density at radius 1 is 0.815 bits per heavy atom. The second kappa shape index (κ2) is 8.24. The third-order valence-corrected chi connectivity index (χ3v) is 6.50. The van der Waals surface area contributed by atoms with E-state index in [-0.39, 0.29) is 11.8 Å². The van der Waals surface area contributed by atoms with Gasteiger partial charge in [-0.3, -0.25) is 9.36 Å². The van der Waals surface area contributed by atoms with Crippen molar-refractivity contribution in [2.45, 2.75) is 13.8 Å². The van der Waals surface area contributed by atoms with E-state index in [1.54, 1.807) is 24.3 Å². The van der Waals surface area contributed by atoms with Gasteiger partial charge in [0.15, 0.2) is 0 Å². The zero-order valence-electron chi connectivity index (χ0n) is 15.3. The lowest BCUT2D eigenvalue weighted by molar-refractivity contribution is -0.118. The second-order valence-corrected chi connectivity index (χ2v) is 8.80.